The molecule has 5 rings (SSSR count). The number of furan rings is 1. The van der Waals surface area contributed by atoms with Crippen LogP contribution in [-0.4, -0.2) is 71.5 Å². The predicted molar refractivity (Wildman–Crippen MR) is 106 cm³/mol. The number of pyridine rings is 1. The molecular formula is C22H28FN3O4. The lowest BCUT2D eigenvalue weighted by atomic mass is 9.83. The van der Waals surface area contributed by atoms with Crippen molar-refractivity contribution < 1.29 is 23.4 Å². The summed E-state index contributed by atoms with van der Waals surface area (Å²) in [5, 5.41) is 10.1. The Hall–Kier alpha value is -2.00. The zero-order valence-corrected chi connectivity index (χ0v) is 17.4. The van der Waals surface area contributed by atoms with Crippen LogP contribution < -0.4 is 4.74 Å². The lowest BCUT2D eigenvalue weighted by Gasteiger charge is -2.40. The third-order valence-electron chi connectivity index (χ3n) is 6.80. The third kappa shape index (κ3) is 3.41. The van der Waals surface area contributed by atoms with Gasteiger partial charge in [0, 0.05) is 56.7 Å². The van der Waals surface area contributed by atoms with Crippen molar-refractivity contribution in [1.82, 2.24) is 14.8 Å². The summed E-state index contributed by atoms with van der Waals surface area (Å²) in [7, 11) is 1.55. The summed E-state index contributed by atoms with van der Waals surface area (Å²) in [5.74, 6) is 2.28. The number of nitrogens with zero attached hydrogens (tertiary/aromatic N) is 3. The van der Waals surface area contributed by atoms with E-state index in [2.05, 4.69) is 14.8 Å². The zero-order valence-electron chi connectivity index (χ0n) is 17.4. The standard InChI is InChI=1S/C22H28FN3O4/c1-14-3-4-17(29-14)8-26-10-20-18(11-27)19-9-25(12-22(19,13-26)30-20)7-15-5-16(23)6-24-21(15)28-2/h3-6,18-20,27H,7-13H2,1-2H3/t18-,19+,20+,22-/m0/s1. The van der Waals surface area contributed by atoms with Gasteiger partial charge in [0.25, 0.3) is 0 Å². The smallest absolute Gasteiger partial charge is 0.217 e. The molecule has 5 heterocycles. The molecule has 3 fully saturated rings. The van der Waals surface area contributed by atoms with E-state index in [1.165, 1.54) is 12.3 Å². The Morgan fingerprint density at radius 2 is 2.07 bits per heavy atom. The monoisotopic (exact) mass is 417 g/mol. The van der Waals surface area contributed by atoms with Gasteiger partial charge >= 0.3 is 0 Å². The first-order valence-corrected chi connectivity index (χ1v) is 10.5. The number of aromatic nitrogens is 1. The van der Waals surface area contributed by atoms with E-state index < -0.39 is 0 Å². The number of methoxy groups -OCH3 is 1. The van der Waals surface area contributed by atoms with Crippen LogP contribution in [0.2, 0.25) is 0 Å². The Balaban J connectivity index is 1.35. The molecule has 0 aromatic carbocycles. The lowest BCUT2D eigenvalue weighted by molar-refractivity contribution is -0.120. The molecule has 2 bridgehead atoms. The van der Waals surface area contributed by atoms with Crippen LogP contribution >= 0.6 is 0 Å². The van der Waals surface area contributed by atoms with Gasteiger partial charge in [0.15, 0.2) is 0 Å². The Bertz CT molecular complexity index is 922. The first kappa shape index (κ1) is 19.9. The first-order chi connectivity index (χ1) is 14.5. The van der Waals surface area contributed by atoms with Crippen molar-refractivity contribution >= 4 is 0 Å². The summed E-state index contributed by atoms with van der Waals surface area (Å²) in [5.41, 5.74) is 0.399. The molecule has 2 aromatic heterocycles. The Morgan fingerprint density at radius 1 is 1.27 bits per heavy atom. The predicted octanol–water partition coefficient (Wildman–Crippen LogP) is 1.82. The number of aliphatic hydroxyl groups is 1. The van der Waals surface area contributed by atoms with E-state index >= 15 is 0 Å². The summed E-state index contributed by atoms with van der Waals surface area (Å²) in [6.45, 7) is 6.46. The normalized spacial score (nSPS) is 31.3. The molecule has 8 heteroatoms. The molecule has 0 unspecified atom stereocenters. The van der Waals surface area contributed by atoms with Gasteiger partial charge in [-0.3, -0.25) is 9.80 Å². The second-order valence-corrected chi connectivity index (χ2v) is 8.85. The number of hydrogen-bond acceptors (Lipinski definition) is 7. The highest BCUT2D eigenvalue weighted by Gasteiger charge is 2.62. The highest BCUT2D eigenvalue weighted by atomic mass is 19.1. The third-order valence-corrected chi connectivity index (χ3v) is 6.80. The maximum Gasteiger partial charge on any atom is 0.217 e. The molecule has 0 amide bonds. The molecule has 1 N–H and O–H groups in total. The second-order valence-electron chi connectivity index (χ2n) is 8.85. The van der Waals surface area contributed by atoms with Crippen molar-refractivity contribution in [3.8, 4) is 5.88 Å². The lowest BCUT2D eigenvalue weighted by Crippen LogP contribution is -2.53. The van der Waals surface area contributed by atoms with Gasteiger partial charge < -0.3 is 19.0 Å². The van der Waals surface area contributed by atoms with E-state index in [1.807, 2.05) is 19.1 Å². The fourth-order valence-electron chi connectivity index (χ4n) is 5.66. The first-order valence-electron chi connectivity index (χ1n) is 10.5. The van der Waals surface area contributed by atoms with Crippen LogP contribution in [0.3, 0.4) is 0 Å². The minimum atomic E-state index is -0.370. The number of fused-ring (bicyclic) bond motifs is 1. The zero-order chi connectivity index (χ0) is 20.9. The number of likely N-dealkylation sites (tertiary alicyclic amines) is 2. The molecular weight excluding hydrogens is 389 g/mol. The molecule has 0 aliphatic carbocycles. The fourth-order valence-corrected chi connectivity index (χ4v) is 5.66. The maximum atomic E-state index is 13.8. The van der Waals surface area contributed by atoms with E-state index in [-0.39, 0.29) is 36.0 Å². The largest absolute Gasteiger partial charge is 0.481 e. The van der Waals surface area contributed by atoms with Crippen LogP contribution in [-0.2, 0) is 17.8 Å². The summed E-state index contributed by atoms with van der Waals surface area (Å²) in [6.07, 6.45) is 1.20. The van der Waals surface area contributed by atoms with E-state index in [0.717, 1.165) is 49.8 Å². The molecule has 162 valence electrons. The number of ether oxygens (including phenoxy) is 2. The van der Waals surface area contributed by atoms with Gasteiger partial charge in [0.1, 0.15) is 17.3 Å². The van der Waals surface area contributed by atoms with E-state index in [9.17, 15) is 9.50 Å². The van der Waals surface area contributed by atoms with Crippen LogP contribution in [0.5, 0.6) is 5.88 Å². The Labute approximate surface area is 175 Å². The molecule has 4 atom stereocenters. The van der Waals surface area contributed by atoms with Gasteiger partial charge in [-0.25, -0.2) is 9.37 Å². The second kappa shape index (κ2) is 7.60. The van der Waals surface area contributed by atoms with E-state index in [1.54, 1.807) is 7.11 Å². The molecule has 2 aromatic rings. The summed E-state index contributed by atoms with van der Waals surface area (Å²) >= 11 is 0. The summed E-state index contributed by atoms with van der Waals surface area (Å²) < 4.78 is 31.4. The van der Waals surface area contributed by atoms with Gasteiger partial charge in [-0.2, -0.15) is 0 Å². The Kier molecular flexibility index (Phi) is 5.05. The van der Waals surface area contributed by atoms with Crippen LogP contribution in [0, 0.1) is 24.6 Å². The minimum absolute atomic E-state index is 0.0253. The molecule has 3 aliphatic rings. The van der Waals surface area contributed by atoms with Gasteiger partial charge in [-0.05, 0) is 25.1 Å². The van der Waals surface area contributed by atoms with Crippen molar-refractivity contribution in [3.63, 3.8) is 0 Å². The number of aryl methyl sites for hydroxylation is 1. The summed E-state index contributed by atoms with van der Waals surface area (Å²) in [6, 6.07) is 5.49. The van der Waals surface area contributed by atoms with Gasteiger partial charge in [-0.1, -0.05) is 0 Å². The highest BCUT2D eigenvalue weighted by molar-refractivity contribution is 5.27. The average Bonchev–Trinajstić information content (AvgIpc) is 3.31. The number of morpholine rings is 1. The Morgan fingerprint density at radius 3 is 2.77 bits per heavy atom. The van der Waals surface area contributed by atoms with Crippen molar-refractivity contribution in [2.45, 2.75) is 31.7 Å². The van der Waals surface area contributed by atoms with Crippen molar-refractivity contribution in [3.05, 3.63) is 47.3 Å². The quantitative estimate of drug-likeness (QED) is 0.769. The van der Waals surface area contributed by atoms with E-state index in [4.69, 9.17) is 13.9 Å². The number of rotatable bonds is 6. The number of halogens is 1. The molecule has 0 radical (unpaired) electrons. The number of aliphatic hydroxyl groups excluding tert-OH is 1. The SMILES string of the molecule is COc1ncc(F)cc1CN1C[C@@H]2[C@H](CO)[C@H]3CN(Cc4ccc(C)o4)C[C@]2(C1)O3. The topological polar surface area (TPSA) is 71.2 Å². The summed E-state index contributed by atoms with van der Waals surface area (Å²) in [4.78, 5) is 8.69. The van der Waals surface area contributed by atoms with Crippen LogP contribution in [0.25, 0.3) is 0 Å². The maximum absolute atomic E-state index is 13.8. The van der Waals surface area contributed by atoms with Crippen molar-refractivity contribution in [2.75, 3.05) is 39.9 Å². The molecule has 30 heavy (non-hydrogen) atoms. The van der Waals surface area contributed by atoms with Crippen LogP contribution in [0.15, 0.2) is 28.8 Å². The molecule has 7 nitrogen and oxygen atoms in total. The molecule has 3 saturated heterocycles. The molecule has 0 saturated carbocycles. The fraction of sp³-hybridized carbons (Fsp3) is 0.591. The van der Waals surface area contributed by atoms with Gasteiger partial charge in [0.2, 0.25) is 5.88 Å². The van der Waals surface area contributed by atoms with E-state index in [0.29, 0.717) is 12.4 Å². The van der Waals surface area contributed by atoms with Crippen LogP contribution in [0.1, 0.15) is 17.1 Å². The van der Waals surface area contributed by atoms with Crippen molar-refractivity contribution in [2.24, 2.45) is 11.8 Å². The molecule has 3 aliphatic heterocycles. The van der Waals surface area contributed by atoms with Crippen molar-refractivity contribution in [1.29, 1.82) is 0 Å². The molecule has 1 spiro atoms. The van der Waals surface area contributed by atoms with Gasteiger partial charge in [0.05, 0.1) is 31.6 Å². The minimum Gasteiger partial charge on any atom is -0.481 e. The highest BCUT2D eigenvalue weighted by Crippen LogP contribution is 2.49. The van der Waals surface area contributed by atoms with Crippen LogP contribution in [0.4, 0.5) is 4.39 Å². The number of hydrogen-bond donors (Lipinski definition) is 1. The average molecular weight is 417 g/mol. The van der Waals surface area contributed by atoms with Gasteiger partial charge in [-0.15, -0.1) is 0 Å².